The third-order valence-corrected chi connectivity index (χ3v) is 4.90. The van der Waals surface area contributed by atoms with Crippen LogP contribution < -0.4 is 0 Å². The molecule has 0 spiro atoms. The van der Waals surface area contributed by atoms with Gasteiger partial charge in [0.15, 0.2) is 0 Å². The molecule has 0 saturated heterocycles. The second kappa shape index (κ2) is 10.4. The molecule has 0 aliphatic heterocycles. The van der Waals surface area contributed by atoms with E-state index < -0.39 is 0 Å². The Bertz CT molecular complexity index is 587. The molecule has 2 aromatic carbocycles. The smallest absolute Gasteiger partial charge is 0.318 e. The van der Waals surface area contributed by atoms with Crippen LogP contribution in [0.15, 0.2) is 60.7 Å². The maximum Gasteiger partial charge on any atom is 0.318 e. The lowest BCUT2D eigenvalue weighted by atomic mass is 9.91. The van der Waals surface area contributed by atoms with Gasteiger partial charge in [0.05, 0.1) is 20.1 Å². The van der Waals surface area contributed by atoms with Crippen molar-refractivity contribution in [3.8, 4) is 0 Å². The van der Waals surface area contributed by atoms with Crippen molar-refractivity contribution in [3.63, 3.8) is 0 Å². The predicted molar refractivity (Wildman–Crippen MR) is 108 cm³/mol. The van der Waals surface area contributed by atoms with E-state index in [-0.39, 0.29) is 28.9 Å². The second-order valence-electron chi connectivity index (χ2n) is 6.40. The summed E-state index contributed by atoms with van der Waals surface area (Å²) in [5.74, 6) is -0.541. The highest BCUT2D eigenvalue weighted by Crippen LogP contribution is 2.25. The van der Waals surface area contributed by atoms with Gasteiger partial charge in [-0.3, -0.25) is 4.79 Å². The monoisotopic (exact) mass is 406 g/mol. The zero-order valence-corrected chi connectivity index (χ0v) is 17.1. The number of quaternary nitrogens is 1. The van der Waals surface area contributed by atoms with Crippen LogP contribution in [-0.2, 0) is 9.53 Å². The Morgan fingerprint density at radius 1 is 0.920 bits per heavy atom. The van der Waals surface area contributed by atoms with Gasteiger partial charge in [-0.2, -0.15) is 0 Å². The van der Waals surface area contributed by atoms with Crippen LogP contribution in [0.5, 0.6) is 0 Å². The van der Waals surface area contributed by atoms with Gasteiger partial charge in [-0.25, -0.2) is 0 Å². The fraction of sp³-hybridized carbons (Fsp3) is 0.381. The Kier molecular flexibility index (Phi) is 8.87. The average molecular weight is 407 g/mol. The molecular weight excluding hydrogens is 378 g/mol. The molecule has 0 heterocycles. The highest BCUT2D eigenvalue weighted by molar-refractivity contribution is 8.93. The van der Waals surface area contributed by atoms with Gasteiger partial charge in [0.25, 0.3) is 0 Å². The average Bonchev–Trinajstić information content (AvgIpc) is 2.63. The first-order valence-electron chi connectivity index (χ1n) is 8.69. The standard InChI is InChI=1S/C21H28NO2.BrH/c1-4-22(3,5-2)16-17-24-21(23)20(18-12-8-6-9-13-18)19-14-10-7-11-15-19;/h6-15,20H,4-5,16-17H2,1-3H3;1H/q+1;. The first-order valence-corrected chi connectivity index (χ1v) is 8.69. The van der Waals surface area contributed by atoms with Gasteiger partial charge in [0.2, 0.25) is 0 Å². The van der Waals surface area contributed by atoms with Crippen molar-refractivity contribution in [2.24, 2.45) is 0 Å². The molecule has 0 amide bonds. The quantitative estimate of drug-likeness (QED) is 0.478. The molecule has 2 rings (SSSR count). The number of carbonyl (C=O) groups is 1. The van der Waals surface area contributed by atoms with E-state index in [1.165, 1.54) is 0 Å². The lowest BCUT2D eigenvalue weighted by molar-refractivity contribution is -0.906. The van der Waals surface area contributed by atoms with Gasteiger partial charge in [0, 0.05) is 0 Å². The predicted octanol–water partition coefficient (Wildman–Crippen LogP) is 4.43. The normalized spacial score (nSPS) is 11.0. The molecule has 0 unspecified atom stereocenters. The summed E-state index contributed by atoms with van der Waals surface area (Å²) in [6.45, 7) is 7.70. The maximum atomic E-state index is 12.8. The number of halogens is 1. The summed E-state index contributed by atoms with van der Waals surface area (Å²) in [7, 11) is 2.19. The van der Waals surface area contributed by atoms with Crippen molar-refractivity contribution in [1.29, 1.82) is 0 Å². The number of esters is 1. The van der Waals surface area contributed by atoms with Gasteiger partial charge in [-0.15, -0.1) is 17.0 Å². The maximum absolute atomic E-state index is 12.8. The summed E-state index contributed by atoms with van der Waals surface area (Å²) in [4.78, 5) is 12.8. The lowest BCUT2D eigenvalue weighted by Crippen LogP contribution is -2.46. The first kappa shape index (κ1) is 21.4. The van der Waals surface area contributed by atoms with Crippen LogP contribution >= 0.6 is 17.0 Å². The van der Waals surface area contributed by atoms with Crippen LogP contribution in [0.3, 0.4) is 0 Å². The molecule has 0 radical (unpaired) electrons. The van der Waals surface area contributed by atoms with Crippen LogP contribution in [-0.4, -0.2) is 43.7 Å². The fourth-order valence-electron chi connectivity index (χ4n) is 2.75. The van der Waals surface area contributed by atoms with Gasteiger partial charge in [-0.05, 0) is 25.0 Å². The Balaban J connectivity index is 0.00000312. The molecule has 0 bridgehead atoms. The molecule has 4 heteroatoms. The van der Waals surface area contributed by atoms with Crippen LogP contribution in [0.4, 0.5) is 0 Å². The minimum atomic E-state index is -0.366. The number of likely N-dealkylation sites (N-methyl/N-ethyl adjacent to an activating group) is 1. The van der Waals surface area contributed by atoms with E-state index in [9.17, 15) is 4.79 Å². The SMILES string of the molecule is Br.CC[N+](C)(CC)CCOC(=O)C(c1ccccc1)c1ccccc1. The van der Waals surface area contributed by atoms with E-state index in [0.717, 1.165) is 35.2 Å². The van der Waals surface area contributed by atoms with Gasteiger partial charge in [0.1, 0.15) is 19.1 Å². The number of ether oxygens (including phenoxy) is 1. The van der Waals surface area contributed by atoms with Gasteiger partial charge < -0.3 is 9.22 Å². The number of rotatable bonds is 8. The van der Waals surface area contributed by atoms with Crippen LogP contribution in [0.1, 0.15) is 30.9 Å². The van der Waals surface area contributed by atoms with Gasteiger partial charge >= 0.3 is 5.97 Å². The van der Waals surface area contributed by atoms with E-state index in [2.05, 4.69) is 20.9 Å². The Morgan fingerprint density at radius 3 is 1.76 bits per heavy atom. The first-order chi connectivity index (χ1) is 11.6. The topological polar surface area (TPSA) is 26.3 Å². The fourth-order valence-corrected chi connectivity index (χ4v) is 2.75. The van der Waals surface area contributed by atoms with Crippen LogP contribution in [0, 0.1) is 0 Å². The third kappa shape index (κ3) is 5.98. The summed E-state index contributed by atoms with van der Waals surface area (Å²) in [5.41, 5.74) is 1.94. The van der Waals surface area contributed by atoms with Crippen molar-refractivity contribution in [1.82, 2.24) is 0 Å². The summed E-state index contributed by atoms with van der Waals surface area (Å²) in [5, 5.41) is 0. The Morgan fingerprint density at radius 2 is 1.36 bits per heavy atom. The van der Waals surface area contributed by atoms with Crippen LogP contribution in [0.25, 0.3) is 0 Å². The lowest BCUT2D eigenvalue weighted by Gasteiger charge is -2.32. The largest absolute Gasteiger partial charge is 0.459 e. The molecular formula is C21H29BrNO2+. The summed E-state index contributed by atoms with van der Waals surface area (Å²) in [6.07, 6.45) is 0. The molecule has 0 N–H and O–H groups in total. The van der Waals surface area contributed by atoms with E-state index in [0.29, 0.717) is 6.61 Å². The Hall–Kier alpha value is -1.65. The molecule has 0 aromatic heterocycles. The molecule has 0 aliphatic rings. The minimum Gasteiger partial charge on any atom is -0.459 e. The molecule has 0 fully saturated rings. The van der Waals surface area contributed by atoms with E-state index in [1.54, 1.807) is 0 Å². The van der Waals surface area contributed by atoms with Crippen molar-refractivity contribution < 1.29 is 14.0 Å². The molecule has 136 valence electrons. The number of carbonyl (C=O) groups excluding carboxylic acids is 1. The van der Waals surface area contributed by atoms with E-state index >= 15 is 0 Å². The summed E-state index contributed by atoms with van der Waals surface area (Å²) in [6, 6.07) is 19.7. The molecule has 0 saturated carbocycles. The molecule has 2 aromatic rings. The number of benzene rings is 2. The number of nitrogens with zero attached hydrogens (tertiary/aromatic N) is 1. The summed E-state index contributed by atoms with van der Waals surface area (Å²) < 4.78 is 6.57. The van der Waals surface area contributed by atoms with E-state index in [4.69, 9.17) is 4.74 Å². The third-order valence-electron chi connectivity index (χ3n) is 4.90. The molecule has 0 aliphatic carbocycles. The zero-order valence-electron chi connectivity index (χ0n) is 15.4. The van der Waals surface area contributed by atoms with Crippen molar-refractivity contribution in [3.05, 3.63) is 71.8 Å². The second-order valence-corrected chi connectivity index (χ2v) is 6.40. The van der Waals surface area contributed by atoms with Gasteiger partial charge in [-0.1, -0.05) is 60.7 Å². The number of hydrogen-bond donors (Lipinski definition) is 0. The van der Waals surface area contributed by atoms with Crippen LogP contribution in [0.2, 0.25) is 0 Å². The van der Waals surface area contributed by atoms with Crippen molar-refractivity contribution in [2.75, 3.05) is 33.3 Å². The van der Waals surface area contributed by atoms with Crippen molar-refractivity contribution >= 4 is 23.0 Å². The summed E-state index contributed by atoms with van der Waals surface area (Å²) >= 11 is 0. The Labute approximate surface area is 162 Å². The molecule has 25 heavy (non-hydrogen) atoms. The number of hydrogen-bond acceptors (Lipinski definition) is 2. The molecule has 3 nitrogen and oxygen atoms in total. The van der Waals surface area contributed by atoms with E-state index in [1.807, 2.05) is 60.7 Å². The highest BCUT2D eigenvalue weighted by atomic mass is 79.9. The van der Waals surface area contributed by atoms with Crippen molar-refractivity contribution in [2.45, 2.75) is 19.8 Å². The molecule has 0 atom stereocenters. The minimum absolute atomic E-state index is 0. The highest BCUT2D eigenvalue weighted by Gasteiger charge is 2.25. The zero-order chi connectivity index (χ0) is 17.4.